The van der Waals surface area contributed by atoms with Crippen LogP contribution in [-0.4, -0.2) is 29.6 Å². The molecule has 3 heteroatoms. The van der Waals surface area contributed by atoms with E-state index in [1.807, 2.05) is 4.90 Å². The zero-order valence-electron chi connectivity index (χ0n) is 9.83. The number of nitrogens with one attached hydrogen (secondary N) is 1. The van der Waals surface area contributed by atoms with Crippen LogP contribution >= 0.6 is 0 Å². The zero-order chi connectivity index (χ0) is 10.8. The van der Waals surface area contributed by atoms with Crippen molar-refractivity contribution < 1.29 is 4.79 Å². The van der Waals surface area contributed by atoms with E-state index in [0.717, 1.165) is 18.9 Å². The molecule has 1 aliphatic carbocycles. The molecule has 2 fully saturated rings. The molecule has 0 spiro atoms. The summed E-state index contributed by atoms with van der Waals surface area (Å²) in [5, 5.41) is 3.33. The van der Waals surface area contributed by atoms with Crippen molar-refractivity contribution in [2.24, 2.45) is 5.92 Å². The fraction of sp³-hybridized carbons (Fsp3) is 0.917. The Morgan fingerprint density at radius 2 is 2.20 bits per heavy atom. The number of rotatable bonds is 5. The van der Waals surface area contributed by atoms with Crippen molar-refractivity contribution >= 4 is 5.91 Å². The SMILES string of the molecule is CCC1NC(C)N(CCCC2CC2)C1=O. The van der Waals surface area contributed by atoms with E-state index < -0.39 is 0 Å². The Morgan fingerprint density at radius 1 is 1.47 bits per heavy atom. The maximum atomic E-state index is 11.9. The van der Waals surface area contributed by atoms with Crippen LogP contribution in [0.25, 0.3) is 0 Å². The number of nitrogens with zero attached hydrogens (tertiary/aromatic N) is 1. The highest BCUT2D eigenvalue weighted by Gasteiger charge is 2.34. The molecule has 86 valence electrons. The van der Waals surface area contributed by atoms with Gasteiger partial charge >= 0.3 is 0 Å². The molecule has 2 unspecified atom stereocenters. The van der Waals surface area contributed by atoms with Gasteiger partial charge in [-0.25, -0.2) is 0 Å². The van der Waals surface area contributed by atoms with Gasteiger partial charge in [0, 0.05) is 6.54 Å². The lowest BCUT2D eigenvalue weighted by Gasteiger charge is -2.20. The monoisotopic (exact) mass is 210 g/mol. The average Bonchev–Trinajstić information content (AvgIpc) is 2.99. The summed E-state index contributed by atoms with van der Waals surface area (Å²) in [6, 6.07) is 0.0703. The fourth-order valence-electron chi connectivity index (χ4n) is 2.40. The molecule has 2 rings (SSSR count). The van der Waals surface area contributed by atoms with Gasteiger partial charge in [0.15, 0.2) is 0 Å². The maximum absolute atomic E-state index is 11.9. The molecule has 2 aliphatic rings. The number of amides is 1. The van der Waals surface area contributed by atoms with Crippen LogP contribution in [0.4, 0.5) is 0 Å². The third-order valence-electron chi connectivity index (χ3n) is 3.61. The summed E-state index contributed by atoms with van der Waals surface area (Å²) in [7, 11) is 0. The first-order valence-corrected chi connectivity index (χ1v) is 6.29. The van der Waals surface area contributed by atoms with Crippen LogP contribution in [0.5, 0.6) is 0 Å². The Bertz CT molecular complexity index is 238. The fourth-order valence-corrected chi connectivity index (χ4v) is 2.40. The molecule has 0 radical (unpaired) electrons. The molecule has 1 amide bonds. The van der Waals surface area contributed by atoms with Gasteiger partial charge in [0.05, 0.1) is 12.2 Å². The Morgan fingerprint density at radius 3 is 2.73 bits per heavy atom. The van der Waals surface area contributed by atoms with Crippen LogP contribution in [0.2, 0.25) is 0 Å². The van der Waals surface area contributed by atoms with E-state index in [1.54, 1.807) is 0 Å². The Hall–Kier alpha value is -0.570. The molecule has 1 saturated heterocycles. The summed E-state index contributed by atoms with van der Waals surface area (Å²) in [6.07, 6.45) is 6.47. The Kier molecular flexibility index (Phi) is 3.29. The smallest absolute Gasteiger partial charge is 0.240 e. The van der Waals surface area contributed by atoms with Crippen LogP contribution in [0, 0.1) is 5.92 Å². The molecule has 0 aromatic carbocycles. The summed E-state index contributed by atoms with van der Waals surface area (Å²) in [5.41, 5.74) is 0. The van der Waals surface area contributed by atoms with Crippen LogP contribution in [0.15, 0.2) is 0 Å². The van der Waals surface area contributed by atoms with Crippen molar-refractivity contribution in [3.63, 3.8) is 0 Å². The molecule has 2 atom stereocenters. The van der Waals surface area contributed by atoms with Gasteiger partial charge in [-0.3, -0.25) is 10.1 Å². The molecule has 1 aliphatic heterocycles. The zero-order valence-corrected chi connectivity index (χ0v) is 9.83. The van der Waals surface area contributed by atoms with Crippen molar-refractivity contribution in [1.82, 2.24) is 10.2 Å². The minimum Gasteiger partial charge on any atom is -0.326 e. The Balaban J connectivity index is 1.76. The van der Waals surface area contributed by atoms with Gasteiger partial charge in [-0.05, 0) is 32.1 Å². The van der Waals surface area contributed by atoms with Crippen LogP contribution < -0.4 is 5.32 Å². The summed E-state index contributed by atoms with van der Waals surface area (Å²) in [6.45, 7) is 5.10. The molecule has 0 aromatic heterocycles. The second kappa shape index (κ2) is 4.52. The topological polar surface area (TPSA) is 32.3 Å². The van der Waals surface area contributed by atoms with E-state index in [0.29, 0.717) is 5.91 Å². The van der Waals surface area contributed by atoms with E-state index >= 15 is 0 Å². The van der Waals surface area contributed by atoms with Crippen LogP contribution in [-0.2, 0) is 4.79 Å². The van der Waals surface area contributed by atoms with Crippen molar-refractivity contribution in [2.45, 2.75) is 58.2 Å². The standard InChI is InChI=1S/C12H22N2O/c1-3-11-12(15)14(9(2)13-11)8-4-5-10-6-7-10/h9-11,13H,3-8H2,1-2H3. The van der Waals surface area contributed by atoms with Gasteiger partial charge in [-0.15, -0.1) is 0 Å². The highest BCUT2D eigenvalue weighted by Crippen LogP contribution is 2.33. The van der Waals surface area contributed by atoms with Gasteiger partial charge < -0.3 is 4.90 Å². The van der Waals surface area contributed by atoms with Gasteiger partial charge in [0.1, 0.15) is 0 Å². The first-order valence-electron chi connectivity index (χ1n) is 6.29. The highest BCUT2D eigenvalue weighted by atomic mass is 16.2. The molecular formula is C12H22N2O. The molecule has 1 heterocycles. The quantitative estimate of drug-likeness (QED) is 0.749. The van der Waals surface area contributed by atoms with E-state index in [4.69, 9.17) is 0 Å². The minimum atomic E-state index is 0.0703. The van der Waals surface area contributed by atoms with E-state index in [2.05, 4.69) is 19.2 Å². The van der Waals surface area contributed by atoms with Gasteiger partial charge in [0.2, 0.25) is 5.91 Å². The van der Waals surface area contributed by atoms with E-state index in [-0.39, 0.29) is 12.2 Å². The Labute approximate surface area is 92.2 Å². The third-order valence-corrected chi connectivity index (χ3v) is 3.61. The molecule has 0 bridgehead atoms. The second-order valence-corrected chi connectivity index (χ2v) is 4.92. The van der Waals surface area contributed by atoms with Crippen LogP contribution in [0.3, 0.4) is 0 Å². The maximum Gasteiger partial charge on any atom is 0.240 e. The van der Waals surface area contributed by atoms with E-state index in [1.165, 1.54) is 25.7 Å². The summed E-state index contributed by atoms with van der Waals surface area (Å²) in [4.78, 5) is 13.9. The third kappa shape index (κ3) is 2.51. The van der Waals surface area contributed by atoms with Crippen molar-refractivity contribution in [2.75, 3.05) is 6.54 Å². The predicted octanol–water partition coefficient (Wildman–Crippen LogP) is 1.73. The van der Waals surface area contributed by atoms with Crippen molar-refractivity contribution in [1.29, 1.82) is 0 Å². The molecule has 1 N–H and O–H groups in total. The first-order chi connectivity index (χ1) is 7.22. The summed E-state index contributed by atoms with van der Waals surface area (Å²) in [5.74, 6) is 1.29. The predicted molar refractivity (Wildman–Crippen MR) is 60.3 cm³/mol. The van der Waals surface area contributed by atoms with E-state index in [9.17, 15) is 4.79 Å². The van der Waals surface area contributed by atoms with Crippen LogP contribution in [0.1, 0.15) is 46.0 Å². The summed E-state index contributed by atoms with van der Waals surface area (Å²) >= 11 is 0. The largest absolute Gasteiger partial charge is 0.326 e. The molecule has 15 heavy (non-hydrogen) atoms. The lowest BCUT2D eigenvalue weighted by atomic mass is 10.2. The van der Waals surface area contributed by atoms with Crippen molar-refractivity contribution in [3.05, 3.63) is 0 Å². The van der Waals surface area contributed by atoms with Crippen molar-refractivity contribution in [3.8, 4) is 0 Å². The molecule has 1 saturated carbocycles. The van der Waals surface area contributed by atoms with Gasteiger partial charge in [-0.1, -0.05) is 19.8 Å². The second-order valence-electron chi connectivity index (χ2n) is 4.92. The number of hydrogen-bond donors (Lipinski definition) is 1. The number of carbonyl (C=O) groups is 1. The number of hydrogen-bond acceptors (Lipinski definition) is 2. The summed E-state index contributed by atoms with van der Waals surface area (Å²) < 4.78 is 0. The highest BCUT2D eigenvalue weighted by molar-refractivity contribution is 5.84. The lowest BCUT2D eigenvalue weighted by Crippen LogP contribution is -2.35. The van der Waals surface area contributed by atoms with Gasteiger partial charge in [0.25, 0.3) is 0 Å². The lowest BCUT2D eigenvalue weighted by molar-refractivity contribution is -0.130. The molecule has 3 nitrogen and oxygen atoms in total. The number of carbonyl (C=O) groups excluding carboxylic acids is 1. The minimum absolute atomic E-state index is 0.0703. The van der Waals surface area contributed by atoms with Gasteiger partial charge in [-0.2, -0.15) is 0 Å². The molecular weight excluding hydrogens is 188 g/mol. The molecule has 0 aromatic rings. The average molecular weight is 210 g/mol. The first kappa shape index (κ1) is 10.9. The normalized spacial score (nSPS) is 31.3.